The Bertz CT molecular complexity index is 1200. The van der Waals surface area contributed by atoms with Gasteiger partial charge in [-0.2, -0.15) is 5.10 Å². The largest absolute Gasteiger partial charge is 0.390 e. The molecule has 1 N–H and O–H groups in total. The number of nitrogens with zero attached hydrogens (tertiary/aromatic N) is 4. The summed E-state index contributed by atoms with van der Waals surface area (Å²) in [5, 5.41) is 14.4. The number of aromatic nitrogens is 2. The fourth-order valence-corrected chi connectivity index (χ4v) is 6.59. The highest BCUT2D eigenvalue weighted by Gasteiger charge is 2.51. The molecule has 2 aliphatic heterocycles. The Balaban J connectivity index is 1.15. The smallest absolute Gasteiger partial charge is 0.274 e. The Morgan fingerprint density at radius 3 is 2.61 bits per heavy atom. The van der Waals surface area contributed by atoms with Crippen LogP contribution in [0.25, 0.3) is 0 Å². The van der Waals surface area contributed by atoms with E-state index in [1.807, 2.05) is 4.90 Å². The van der Waals surface area contributed by atoms with Crippen LogP contribution in [-0.4, -0.2) is 75.0 Å². The van der Waals surface area contributed by atoms with E-state index in [-0.39, 0.29) is 31.3 Å². The molecule has 7 nitrogen and oxygen atoms in total. The topological polar surface area (TPSA) is 78.7 Å². The second-order valence-corrected chi connectivity index (χ2v) is 11.2. The van der Waals surface area contributed by atoms with Crippen LogP contribution in [0.3, 0.4) is 0 Å². The summed E-state index contributed by atoms with van der Waals surface area (Å²) in [5.41, 5.74) is 6.44. The first-order valence-electron chi connectivity index (χ1n) is 13.4. The van der Waals surface area contributed by atoms with Gasteiger partial charge < -0.3 is 14.9 Å². The second-order valence-electron chi connectivity index (χ2n) is 11.2. The first-order valence-corrected chi connectivity index (χ1v) is 13.4. The van der Waals surface area contributed by atoms with Crippen LogP contribution in [0.1, 0.15) is 76.0 Å². The Hall–Kier alpha value is -2.74. The minimum atomic E-state index is -1.43. The molecule has 6 rings (SSSR count). The van der Waals surface area contributed by atoms with Crippen molar-refractivity contribution in [3.63, 3.8) is 0 Å². The van der Waals surface area contributed by atoms with E-state index in [0.717, 1.165) is 50.0 Å². The number of amides is 2. The van der Waals surface area contributed by atoms with E-state index in [1.54, 1.807) is 4.68 Å². The molecule has 2 aromatic rings. The lowest BCUT2D eigenvalue weighted by Crippen LogP contribution is -2.47. The molecular weight excluding hydrogens is 459 g/mol. The van der Waals surface area contributed by atoms with E-state index in [9.17, 15) is 19.1 Å². The number of aliphatic hydroxyl groups excluding tert-OH is 1. The summed E-state index contributed by atoms with van der Waals surface area (Å²) in [4.78, 5) is 30.0. The van der Waals surface area contributed by atoms with E-state index in [4.69, 9.17) is 0 Å². The molecule has 2 aliphatic carbocycles. The fraction of sp³-hybridized carbons (Fsp3) is 0.607. The Labute approximate surface area is 211 Å². The predicted molar refractivity (Wildman–Crippen MR) is 133 cm³/mol. The van der Waals surface area contributed by atoms with Gasteiger partial charge in [-0.25, -0.2) is 4.39 Å². The summed E-state index contributed by atoms with van der Waals surface area (Å²) in [6.45, 7) is 6.15. The molecule has 0 bridgehead atoms. The van der Waals surface area contributed by atoms with Gasteiger partial charge >= 0.3 is 0 Å². The van der Waals surface area contributed by atoms with Crippen LogP contribution in [0.15, 0.2) is 18.2 Å². The zero-order valence-corrected chi connectivity index (χ0v) is 21.1. The average Bonchev–Trinajstić information content (AvgIpc) is 3.40. The summed E-state index contributed by atoms with van der Waals surface area (Å²) in [6.07, 6.45) is 1.61. The normalized spacial score (nSPS) is 27.7. The molecule has 36 heavy (non-hydrogen) atoms. The van der Waals surface area contributed by atoms with Gasteiger partial charge in [0, 0.05) is 30.9 Å². The van der Waals surface area contributed by atoms with Gasteiger partial charge in [0.15, 0.2) is 5.69 Å². The summed E-state index contributed by atoms with van der Waals surface area (Å²) in [6, 6.07) is 6.49. The fourth-order valence-electron chi connectivity index (χ4n) is 6.59. The van der Waals surface area contributed by atoms with Gasteiger partial charge in [-0.05, 0) is 80.4 Å². The summed E-state index contributed by atoms with van der Waals surface area (Å²) >= 11 is 0. The maximum absolute atomic E-state index is 14.1. The van der Waals surface area contributed by atoms with Gasteiger partial charge in [-0.15, -0.1) is 0 Å². The van der Waals surface area contributed by atoms with Gasteiger partial charge in [0.25, 0.3) is 5.91 Å². The first kappa shape index (κ1) is 23.6. The lowest BCUT2D eigenvalue weighted by Gasteiger charge is -2.33. The molecule has 4 aliphatic rings. The number of aryl methyl sites for hydroxylation is 1. The molecule has 1 aromatic heterocycles. The van der Waals surface area contributed by atoms with Crippen molar-refractivity contribution < 1.29 is 19.1 Å². The van der Waals surface area contributed by atoms with Crippen molar-refractivity contribution in [2.24, 2.45) is 5.92 Å². The lowest BCUT2D eigenvalue weighted by atomic mass is 9.85. The van der Waals surface area contributed by atoms with Crippen molar-refractivity contribution in [1.82, 2.24) is 19.6 Å². The number of carbonyl (C=O) groups is 2. The third-order valence-corrected chi connectivity index (χ3v) is 9.06. The van der Waals surface area contributed by atoms with Crippen molar-refractivity contribution in [2.45, 2.75) is 76.6 Å². The van der Waals surface area contributed by atoms with E-state index in [0.29, 0.717) is 30.0 Å². The minimum Gasteiger partial charge on any atom is -0.390 e. The van der Waals surface area contributed by atoms with Crippen LogP contribution in [0, 0.1) is 19.8 Å². The monoisotopic (exact) mass is 494 g/mol. The number of carbonyl (C=O) groups excluding carboxylic acids is 2. The summed E-state index contributed by atoms with van der Waals surface area (Å²) in [7, 11) is 0. The zero-order valence-electron chi connectivity index (χ0n) is 21.1. The van der Waals surface area contributed by atoms with Gasteiger partial charge in [0.1, 0.15) is 12.7 Å². The first-order chi connectivity index (χ1) is 17.3. The quantitative estimate of drug-likeness (QED) is 0.709. The maximum atomic E-state index is 14.1. The number of alkyl halides is 1. The van der Waals surface area contributed by atoms with Gasteiger partial charge in [-0.3, -0.25) is 14.3 Å². The molecule has 1 saturated carbocycles. The van der Waals surface area contributed by atoms with Crippen LogP contribution in [0.4, 0.5) is 4.39 Å². The molecular formula is C28H35FN4O3. The molecule has 2 amide bonds. The standard InChI is InChI=1S/C28H35FN4O3/c1-16-4-3-5-20(17(16)2)18-6-9-31(10-7-18)25(35)15-33-23-13-19-12-21(19)26(23)27(30-33)28(36)32-11-8-24(34)22(29)14-32/h3-5,18-19,21-22,24,34H,6-15H2,1-2H3/t19-,21-,22+,24+/m1/s1. The van der Waals surface area contributed by atoms with Crippen molar-refractivity contribution in [1.29, 1.82) is 0 Å². The number of rotatable bonds is 4. The number of piperidine rings is 2. The molecule has 0 spiro atoms. The van der Waals surface area contributed by atoms with Crippen molar-refractivity contribution in [2.75, 3.05) is 26.2 Å². The van der Waals surface area contributed by atoms with Crippen molar-refractivity contribution in [3.05, 3.63) is 51.8 Å². The van der Waals surface area contributed by atoms with Crippen LogP contribution in [0.2, 0.25) is 0 Å². The Morgan fingerprint density at radius 1 is 1.11 bits per heavy atom. The number of hydrogen-bond acceptors (Lipinski definition) is 4. The summed E-state index contributed by atoms with van der Waals surface area (Å²) < 4.78 is 15.9. The Kier molecular flexibility index (Phi) is 5.90. The number of halogens is 1. The highest BCUT2D eigenvalue weighted by atomic mass is 19.1. The molecule has 0 radical (unpaired) electrons. The number of likely N-dealkylation sites (tertiary alicyclic amines) is 2. The molecule has 1 aromatic carbocycles. The zero-order chi connectivity index (χ0) is 25.1. The van der Waals surface area contributed by atoms with Gasteiger partial charge in [-0.1, -0.05) is 18.2 Å². The summed E-state index contributed by atoms with van der Waals surface area (Å²) in [5.74, 6) is 1.13. The van der Waals surface area contributed by atoms with E-state index < -0.39 is 12.3 Å². The van der Waals surface area contributed by atoms with Crippen molar-refractivity contribution >= 4 is 11.8 Å². The van der Waals surface area contributed by atoms with E-state index in [2.05, 4.69) is 37.1 Å². The number of hydrogen-bond donors (Lipinski definition) is 1. The highest BCUT2D eigenvalue weighted by molar-refractivity contribution is 5.95. The molecule has 2 saturated heterocycles. The number of aliphatic hydroxyl groups is 1. The minimum absolute atomic E-state index is 0.0456. The Morgan fingerprint density at radius 2 is 1.86 bits per heavy atom. The van der Waals surface area contributed by atoms with Gasteiger partial charge in [0.2, 0.25) is 5.91 Å². The van der Waals surface area contributed by atoms with Crippen molar-refractivity contribution in [3.8, 4) is 0 Å². The third kappa shape index (κ3) is 4.03. The SMILES string of the molecule is Cc1cccc(C2CCN(C(=O)Cn3nc(C(=O)N4CC[C@H](O)[C@@H](F)C4)c4c3C[C@H]3C[C@@H]43)CC2)c1C. The second kappa shape index (κ2) is 8.98. The van der Waals surface area contributed by atoms with E-state index >= 15 is 0 Å². The van der Waals surface area contributed by atoms with Crippen LogP contribution < -0.4 is 0 Å². The predicted octanol–water partition coefficient (Wildman–Crippen LogP) is 3.11. The van der Waals surface area contributed by atoms with Crippen LogP contribution in [0.5, 0.6) is 0 Å². The number of fused-ring (bicyclic) bond motifs is 3. The third-order valence-electron chi connectivity index (χ3n) is 9.06. The van der Waals surface area contributed by atoms with Crippen LogP contribution in [-0.2, 0) is 17.8 Å². The maximum Gasteiger partial charge on any atom is 0.274 e. The molecule has 192 valence electrons. The van der Waals surface area contributed by atoms with Crippen LogP contribution >= 0.6 is 0 Å². The molecule has 0 unspecified atom stereocenters. The molecule has 3 heterocycles. The molecule has 8 heteroatoms. The lowest BCUT2D eigenvalue weighted by molar-refractivity contribution is -0.133. The highest BCUT2D eigenvalue weighted by Crippen LogP contribution is 2.57. The number of benzene rings is 1. The van der Waals surface area contributed by atoms with Gasteiger partial charge in [0.05, 0.1) is 12.6 Å². The molecule has 4 atom stereocenters. The molecule has 3 fully saturated rings. The average molecular weight is 495 g/mol. The van der Waals surface area contributed by atoms with E-state index in [1.165, 1.54) is 21.6 Å².